The van der Waals surface area contributed by atoms with Gasteiger partial charge >= 0.3 is 0 Å². The van der Waals surface area contributed by atoms with Crippen LogP contribution in [0.15, 0.2) is 6.07 Å². The van der Waals surface area contributed by atoms with Crippen LogP contribution < -0.4 is 4.90 Å². The van der Waals surface area contributed by atoms with Crippen molar-refractivity contribution in [3.8, 4) is 0 Å². The van der Waals surface area contributed by atoms with Crippen LogP contribution in [-0.2, 0) is 6.42 Å². The highest BCUT2D eigenvalue weighted by Gasteiger charge is 2.19. The van der Waals surface area contributed by atoms with E-state index in [4.69, 9.17) is 4.98 Å². The van der Waals surface area contributed by atoms with Crippen molar-refractivity contribution in [3.05, 3.63) is 17.5 Å². The van der Waals surface area contributed by atoms with Crippen molar-refractivity contribution in [3.63, 3.8) is 0 Å². The summed E-state index contributed by atoms with van der Waals surface area (Å²) in [6.45, 7) is 11.1. The molecule has 1 aromatic heterocycles. The molecule has 1 aliphatic heterocycles. The van der Waals surface area contributed by atoms with E-state index in [1.807, 2.05) is 0 Å². The molecule has 17 heavy (non-hydrogen) atoms. The minimum atomic E-state index is 0.476. The third kappa shape index (κ3) is 2.96. The molecule has 0 spiro atoms. The molecule has 0 amide bonds. The number of nitrogens with zero attached hydrogens (tertiary/aromatic N) is 3. The van der Waals surface area contributed by atoms with E-state index in [9.17, 15) is 0 Å². The van der Waals surface area contributed by atoms with Gasteiger partial charge in [-0.25, -0.2) is 9.97 Å². The largest absolute Gasteiger partial charge is 0.341 e. The molecule has 0 radical (unpaired) electrons. The van der Waals surface area contributed by atoms with Crippen molar-refractivity contribution in [1.82, 2.24) is 9.97 Å². The highest BCUT2D eigenvalue weighted by atomic mass is 15.3. The van der Waals surface area contributed by atoms with Crippen molar-refractivity contribution in [1.29, 1.82) is 0 Å². The van der Waals surface area contributed by atoms with Gasteiger partial charge in [0.2, 0.25) is 5.95 Å². The van der Waals surface area contributed by atoms with E-state index < -0.39 is 0 Å². The summed E-state index contributed by atoms with van der Waals surface area (Å²) in [5, 5.41) is 0. The first-order valence-electron chi connectivity index (χ1n) is 6.69. The maximum absolute atomic E-state index is 4.69. The highest BCUT2D eigenvalue weighted by molar-refractivity contribution is 5.35. The van der Waals surface area contributed by atoms with Gasteiger partial charge in [-0.05, 0) is 30.7 Å². The van der Waals surface area contributed by atoms with Crippen molar-refractivity contribution in [2.75, 3.05) is 18.0 Å². The molecule has 3 heteroatoms. The Kier molecular flexibility index (Phi) is 3.65. The van der Waals surface area contributed by atoms with Gasteiger partial charge in [0.05, 0.1) is 0 Å². The average Bonchev–Trinajstić information content (AvgIpc) is 2.13. The molecule has 0 atom stereocenters. The lowest BCUT2D eigenvalue weighted by Gasteiger charge is -2.31. The summed E-state index contributed by atoms with van der Waals surface area (Å²) >= 11 is 0. The quantitative estimate of drug-likeness (QED) is 0.800. The SMILES string of the molecule is CC(C)Cc1cc(C(C)C)nc(N2CCC2)n1. The molecule has 2 heterocycles. The molecule has 1 aliphatic rings. The maximum atomic E-state index is 4.69. The Labute approximate surface area is 104 Å². The second-order valence-corrected chi connectivity index (χ2v) is 5.68. The Balaban J connectivity index is 2.28. The third-order valence-electron chi connectivity index (χ3n) is 3.14. The summed E-state index contributed by atoms with van der Waals surface area (Å²) in [7, 11) is 0. The second kappa shape index (κ2) is 5.03. The smallest absolute Gasteiger partial charge is 0.225 e. The zero-order chi connectivity index (χ0) is 12.4. The van der Waals surface area contributed by atoms with Gasteiger partial charge in [-0.3, -0.25) is 0 Å². The predicted octanol–water partition coefficient (Wildman–Crippen LogP) is 3.01. The maximum Gasteiger partial charge on any atom is 0.225 e. The normalized spacial score (nSPS) is 15.5. The van der Waals surface area contributed by atoms with Crippen LogP contribution >= 0.6 is 0 Å². The molecule has 2 rings (SSSR count). The number of rotatable bonds is 4. The number of hydrogen-bond donors (Lipinski definition) is 0. The lowest BCUT2D eigenvalue weighted by atomic mass is 10.0. The molecule has 1 saturated heterocycles. The van der Waals surface area contributed by atoms with Crippen LogP contribution in [0.5, 0.6) is 0 Å². The molecule has 3 nitrogen and oxygen atoms in total. The predicted molar refractivity (Wildman–Crippen MR) is 71.5 cm³/mol. The first-order valence-corrected chi connectivity index (χ1v) is 6.69. The Morgan fingerprint density at radius 1 is 1.18 bits per heavy atom. The molecule has 1 aromatic rings. The summed E-state index contributed by atoms with van der Waals surface area (Å²) in [6.07, 6.45) is 2.32. The van der Waals surface area contributed by atoms with Gasteiger partial charge in [-0.1, -0.05) is 27.7 Å². The Bertz CT molecular complexity index is 381. The van der Waals surface area contributed by atoms with E-state index in [-0.39, 0.29) is 0 Å². The lowest BCUT2D eigenvalue weighted by molar-refractivity contribution is 0.586. The van der Waals surface area contributed by atoms with E-state index in [1.54, 1.807) is 0 Å². The number of aromatic nitrogens is 2. The van der Waals surface area contributed by atoms with Crippen LogP contribution in [-0.4, -0.2) is 23.1 Å². The van der Waals surface area contributed by atoms with Gasteiger partial charge in [0, 0.05) is 24.5 Å². The summed E-state index contributed by atoms with van der Waals surface area (Å²) in [5.41, 5.74) is 2.37. The molecule has 0 N–H and O–H groups in total. The lowest BCUT2D eigenvalue weighted by Crippen LogP contribution is -2.38. The van der Waals surface area contributed by atoms with E-state index >= 15 is 0 Å². The van der Waals surface area contributed by atoms with Gasteiger partial charge in [-0.2, -0.15) is 0 Å². The molecule has 0 unspecified atom stereocenters. The minimum Gasteiger partial charge on any atom is -0.341 e. The van der Waals surface area contributed by atoms with E-state index in [0.29, 0.717) is 11.8 Å². The molecular weight excluding hydrogens is 210 g/mol. The second-order valence-electron chi connectivity index (χ2n) is 5.68. The molecular formula is C14H23N3. The molecule has 0 aromatic carbocycles. The van der Waals surface area contributed by atoms with E-state index in [1.165, 1.54) is 17.8 Å². The van der Waals surface area contributed by atoms with Crippen molar-refractivity contribution in [2.45, 2.75) is 46.5 Å². The molecule has 94 valence electrons. The van der Waals surface area contributed by atoms with Crippen LogP contribution in [0.2, 0.25) is 0 Å². The van der Waals surface area contributed by atoms with Crippen LogP contribution in [0.25, 0.3) is 0 Å². The average molecular weight is 233 g/mol. The Morgan fingerprint density at radius 3 is 2.35 bits per heavy atom. The van der Waals surface area contributed by atoms with Crippen molar-refractivity contribution >= 4 is 5.95 Å². The van der Waals surface area contributed by atoms with E-state index in [2.05, 4.69) is 43.6 Å². The molecule has 0 aliphatic carbocycles. The van der Waals surface area contributed by atoms with Gasteiger partial charge in [-0.15, -0.1) is 0 Å². The van der Waals surface area contributed by atoms with E-state index in [0.717, 1.165) is 25.5 Å². The topological polar surface area (TPSA) is 29.0 Å². The molecule has 0 bridgehead atoms. The summed E-state index contributed by atoms with van der Waals surface area (Å²) < 4.78 is 0. The zero-order valence-corrected chi connectivity index (χ0v) is 11.4. The monoisotopic (exact) mass is 233 g/mol. The van der Waals surface area contributed by atoms with Crippen LogP contribution in [0.4, 0.5) is 5.95 Å². The standard InChI is InChI=1S/C14H23N3/c1-10(2)8-12-9-13(11(3)4)16-14(15-12)17-6-5-7-17/h9-11H,5-8H2,1-4H3. The number of anilines is 1. The van der Waals surface area contributed by atoms with Gasteiger partial charge in [0.15, 0.2) is 0 Å². The van der Waals surface area contributed by atoms with Gasteiger partial charge < -0.3 is 4.90 Å². The summed E-state index contributed by atoms with van der Waals surface area (Å²) in [4.78, 5) is 11.6. The van der Waals surface area contributed by atoms with Crippen LogP contribution in [0.1, 0.15) is 51.4 Å². The first-order chi connectivity index (χ1) is 8.06. The molecule has 0 saturated carbocycles. The fourth-order valence-electron chi connectivity index (χ4n) is 1.98. The highest BCUT2D eigenvalue weighted by Crippen LogP contribution is 2.21. The fourth-order valence-corrected chi connectivity index (χ4v) is 1.98. The fraction of sp³-hybridized carbons (Fsp3) is 0.714. The molecule has 1 fully saturated rings. The Morgan fingerprint density at radius 2 is 1.88 bits per heavy atom. The zero-order valence-electron chi connectivity index (χ0n) is 11.4. The van der Waals surface area contributed by atoms with Crippen LogP contribution in [0, 0.1) is 5.92 Å². The Hall–Kier alpha value is -1.12. The van der Waals surface area contributed by atoms with Gasteiger partial charge in [0.25, 0.3) is 0 Å². The summed E-state index contributed by atoms with van der Waals surface area (Å²) in [5.74, 6) is 2.07. The van der Waals surface area contributed by atoms with Crippen molar-refractivity contribution < 1.29 is 0 Å². The van der Waals surface area contributed by atoms with Gasteiger partial charge in [0.1, 0.15) is 0 Å². The first kappa shape index (κ1) is 12.3. The van der Waals surface area contributed by atoms with Crippen molar-refractivity contribution in [2.24, 2.45) is 5.92 Å². The summed E-state index contributed by atoms with van der Waals surface area (Å²) in [6, 6.07) is 2.17. The minimum absolute atomic E-state index is 0.476. The number of hydrogen-bond acceptors (Lipinski definition) is 3. The van der Waals surface area contributed by atoms with Crippen LogP contribution in [0.3, 0.4) is 0 Å². The third-order valence-corrected chi connectivity index (χ3v) is 3.14.